The van der Waals surface area contributed by atoms with E-state index in [1.807, 2.05) is 13.8 Å². The highest BCUT2D eigenvalue weighted by atomic mass is 32.2. The third-order valence-corrected chi connectivity index (χ3v) is 6.31. The molecule has 0 aliphatic rings. The average molecular weight is 427 g/mol. The Balaban J connectivity index is 1.81. The van der Waals surface area contributed by atoms with Crippen LogP contribution in [0, 0.1) is 13.8 Å². The van der Waals surface area contributed by atoms with Gasteiger partial charge in [-0.25, -0.2) is 4.98 Å². The monoisotopic (exact) mass is 426 g/mol. The van der Waals surface area contributed by atoms with Gasteiger partial charge in [-0.1, -0.05) is 37.2 Å². The van der Waals surface area contributed by atoms with Crippen LogP contribution >= 0.6 is 23.1 Å². The Morgan fingerprint density at radius 1 is 1.11 bits per heavy atom. The first-order valence-electron chi connectivity index (χ1n) is 8.96. The minimum absolute atomic E-state index is 0.531. The number of alkyl halides is 3. The molecule has 1 aromatic carbocycles. The fourth-order valence-electron chi connectivity index (χ4n) is 2.76. The van der Waals surface area contributed by atoms with E-state index in [9.17, 15) is 13.2 Å². The molecule has 0 aliphatic carbocycles. The van der Waals surface area contributed by atoms with Crippen LogP contribution in [0.25, 0.3) is 10.7 Å². The van der Waals surface area contributed by atoms with Gasteiger partial charge in [-0.05, 0) is 38.0 Å². The predicted molar refractivity (Wildman–Crippen MR) is 107 cm³/mol. The van der Waals surface area contributed by atoms with Crippen molar-refractivity contribution in [2.45, 2.75) is 57.2 Å². The highest BCUT2D eigenvalue weighted by Crippen LogP contribution is 2.33. The number of unbranched alkanes of at least 4 members (excludes halogenated alkanes) is 1. The Labute approximate surface area is 170 Å². The van der Waals surface area contributed by atoms with Crippen molar-refractivity contribution in [3.63, 3.8) is 0 Å². The summed E-state index contributed by atoms with van der Waals surface area (Å²) in [4.78, 5) is 5.49. The molecule has 28 heavy (non-hydrogen) atoms. The Kier molecular flexibility index (Phi) is 6.44. The summed E-state index contributed by atoms with van der Waals surface area (Å²) in [7, 11) is 0. The second-order valence-electron chi connectivity index (χ2n) is 6.44. The number of aryl methyl sites for hydroxylation is 2. The van der Waals surface area contributed by atoms with Crippen molar-refractivity contribution in [2.24, 2.45) is 0 Å². The molecule has 0 saturated heterocycles. The average Bonchev–Trinajstić information content (AvgIpc) is 3.19. The molecule has 4 nitrogen and oxygen atoms in total. The molecule has 2 aromatic heterocycles. The molecule has 3 aromatic rings. The normalized spacial score (nSPS) is 11.9. The summed E-state index contributed by atoms with van der Waals surface area (Å²) in [5.41, 5.74) is 1.12. The molecule has 0 bridgehead atoms. The molecule has 0 saturated carbocycles. The van der Waals surface area contributed by atoms with Gasteiger partial charge in [0.15, 0.2) is 11.0 Å². The number of benzene rings is 1. The second kappa shape index (κ2) is 8.65. The maximum absolute atomic E-state index is 12.7. The quantitative estimate of drug-likeness (QED) is 0.426. The maximum Gasteiger partial charge on any atom is 0.416 e. The van der Waals surface area contributed by atoms with Crippen molar-refractivity contribution < 1.29 is 13.2 Å². The molecular formula is C19H21F3N4S2. The van der Waals surface area contributed by atoms with Crippen LogP contribution in [-0.4, -0.2) is 19.7 Å². The van der Waals surface area contributed by atoms with E-state index in [2.05, 4.69) is 26.7 Å². The highest BCUT2D eigenvalue weighted by Gasteiger charge is 2.30. The number of halogens is 3. The Bertz CT molecular complexity index is 930. The Morgan fingerprint density at radius 3 is 2.39 bits per heavy atom. The summed E-state index contributed by atoms with van der Waals surface area (Å²) in [5.74, 6) is 1.34. The molecular weight excluding hydrogens is 405 g/mol. The summed E-state index contributed by atoms with van der Waals surface area (Å²) in [6.07, 6.45) is -2.28. The van der Waals surface area contributed by atoms with Crippen molar-refractivity contribution >= 4 is 23.1 Å². The molecule has 3 rings (SSSR count). The minimum Gasteiger partial charge on any atom is -0.301 e. The lowest BCUT2D eigenvalue weighted by Crippen LogP contribution is -2.04. The molecule has 150 valence electrons. The van der Waals surface area contributed by atoms with E-state index < -0.39 is 11.7 Å². The van der Waals surface area contributed by atoms with E-state index in [1.54, 1.807) is 11.3 Å². The Hall–Kier alpha value is -1.87. The highest BCUT2D eigenvalue weighted by molar-refractivity contribution is 7.98. The zero-order chi connectivity index (χ0) is 20.3. The van der Waals surface area contributed by atoms with E-state index >= 15 is 0 Å². The zero-order valence-corrected chi connectivity index (χ0v) is 17.5. The molecule has 0 radical (unpaired) electrons. The van der Waals surface area contributed by atoms with E-state index in [-0.39, 0.29) is 0 Å². The largest absolute Gasteiger partial charge is 0.416 e. The minimum atomic E-state index is -4.31. The van der Waals surface area contributed by atoms with Crippen LogP contribution in [0.5, 0.6) is 0 Å². The van der Waals surface area contributed by atoms with E-state index in [0.717, 1.165) is 63.6 Å². The van der Waals surface area contributed by atoms with Crippen LogP contribution in [0.3, 0.4) is 0 Å². The maximum atomic E-state index is 12.7. The summed E-state index contributed by atoms with van der Waals surface area (Å²) >= 11 is 3.08. The summed E-state index contributed by atoms with van der Waals surface area (Å²) in [6, 6.07) is 5.26. The number of hydrogen-bond acceptors (Lipinski definition) is 5. The van der Waals surface area contributed by atoms with Gasteiger partial charge in [-0.15, -0.1) is 21.5 Å². The van der Waals surface area contributed by atoms with Crippen molar-refractivity contribution in [1.29, 1.82) is 0 Å². The van der Waals surface area contributed by atoms with Crippen LogP contribution < -0.4 is 0 Å². The van der Waals surface area contributed by atoms with Crippen LogP contribution in [0.4, 0.5) is 13.2 Å². The lowest BCUT2D eigenvalue weighted by atomic mass is 10.1. The number of thiazole rings is 1. The van der Waals surface area contributed by atoms with E-state index in [0.29, 0.717) is 5.75 Å². The predicted octanol–water partition coefficient (Wildman–Crippen LogP) is 6.13. The number of hydrogen-bond donors (Lipinski definition) is 0. The van der Waals surface area contributed by atoms with Crippen LogP contribution in [-0.2, 0) is 18.5 Å². The first-order chi connectivity index (χ1) is 13.3. The summed E-state index contributed by atoms with van der Waals surface area (Å²) in [5, 5.41) is 10.5. The van der Waals surface area contributed by atoms with Gasteiger partial charge in [-0.3, -0.25) is 0 Å². The number of nitrogens with zero attached hydrogens (tertiary/aromatic N) is 4. The molecule has 0 fully saturated rings. The molecule has 0 unspecified atom stereocenters. The summed E-state index contributed by atoms with van der Waals surface area (Å²) in [6.45, 7) is 6.85. The molecule has 0 aliphatic heterocycles. The fraction of sp³-hybridized carbons (Fsp3) is 0.421. The molecule has 2 heterocycles. The lowest BCUT2D eigenvalue weighted by Gasteiger charge is -2.10. The van der Waals surface area contributed by atoms with Gasteiger partial charge in [0.1, 0.15) is 0 Å². The van der Waals surface area contributed by atoms with Crippen LogP contribution in [0.15, 0.2) is 29.4 Å². The standard InChI is InChI=1S/C19H21F3N4S2/c1-4-5-10-26-17(16-12(2)23-13(3)28-16)24-25-18(26)27-11-14-6-8-15(9-7-14)19(20,21)22/h6-9H,4-5,10-11H2,1-3H3. The third kappa shape index (κ3) is 4.75. The van der Waals surface area contributed by atoms with Crippen molar-refractivity contribution in [1.82, 2.24) is 19.7 Å². The van der Waals surface area contributed by atoms with Crippen LogP contribution in [0.1, 0.15) is 41.6 Å². The third-order valence-electron chi connectivity index (χ3n) is 4.21. The molecule has 0 amide bonds. The van der Waals surface area contributed by atoms with Gasteiger partial charge in [0.2, 0.25) is 0 Å². The van der Waals surface area contributed by atoms with Gasteiger partial charge in [0.05, 0.1) is 21.1 Å². The zero-order valence-electron chi connectivity index (χ0n) is 15.9. The molecule has 0 N–H and O–H groups in total. The smallest absolute Gasteiger partial charge is 0.301 e. The number of aromatic nitrogens is 4. The Morgan fingerprint density at radius 2 is 1.82 bits per heavy atom. The number of rotatable bonds is 7. The lowest BCUT2D eigenvalue weighted by molar-refractivity contribution is -0.137. The van der Waals surface area contributed by atoms with E-state index in [1.165, 1.54) is 23.9 Å². The van der Waals surface area contributed by atoms with E-state index in [4.69, 9.17) is 0 Å². The van der Waals surface area contributed by atoms with Gasteiger partial charge >= 0.3 is 6.18 Å². The van der Waals surface area contributed by atoms with Gasteiger partial charge in [0, 0.05) is 12.3 Å². The first kappa shape index (κ1) is 20.9. The van der Waals surface area contributed by atoms with Gasteiger partial charge < -0.3 is 4.57 Å². The molecule has 9 heteroatoms. The molecule has 0 spiro atoms. The molecule has 0 atom stereocenters. The topological polar surface area (TPSA) is 43.6 Å². The van der Waals surface area contributed by atoms with Crippen molar-refractivity contribution in [3.05, 3.63) is 46.1 Å². The summed E-state index contributed by atoms with van der Waals surface area (Å²) < 4.78 is 40.2. The number of thioether (sulfide) groups is 1. The fourth-order valence-corrected chi connectivity index (χ4v) is 4.59. The first-order valence-corrected chi connectivity index (χ1v) is 10.8. The van der Waals surface area contributed by atoms with Gasteiger partial charge in [0.25, 0.3) is 0 Å². The second-order valence-corrected chi connectivity index (χ2v) is 8.59. The van der Waals surface area contributed by atoms with Crippen molar-refractivity contribution in [2.75, 3.05) is 0 Å². The van der Waals surface area contributed by atoms with Gasteiger partial charge in [-0.2, -0.15) is 13.2 Å². The van der Waals surface area contributed by atoms with Crippen LogP contribution in [0.2, 0.25) is 0 Å². The SMILES string of the molecule is CCCCn1c(SCc2ccc(C(F)(F)F)cc2)nnc1-c1sc(C)nc1C. The van der Waals surface area contributed by atoms with Crippen molar-refractivity contribution in [3.8, 4) is 10.7 Å².